The molecule has 1 fully saturated rings. The summed E-state index contributed by atoms with van der Waals surface area (Å²) in [6.07, 6.45) is 5.68. The number of nitrogens with zero attached hydrogens (tertiary/aromatic N) is 4. The molecule has 0 radical (unpaired) electrons. The molecule has 0 saturated carbocycles. The lowest BCUT2D eigenvalue weighted by molar-refractivity contribution is 0.201. The average Bonchev–Trinajstić information content (AvgIpc) is 2.95. The summed E-state index contributed by atoms with van der Waals surface area (Å²) in [6.45, 7) is 4.83. The summed E-state index contributed by atoms with van der Waals surface area (Å²) in [5.41, 5.74) is 0. The fourth-order valence-corrected chi connectivity index (χ4v) is 3.94. The maximum absolute atomic E-state index is 12.5. The van der Waals surface area contributed by atoms with E-state index in [1.165, 1.54) is 26.3 Å². The van der Waals surface area contributed by atoms with Crippen LogP contribution in [0, 0.1) is 0 Å². The molecule has 1 N–H and O–H groups in total. The van der Waals surface area contributed by atoms with Crippen LogP contribution in [0.2, 0.25) is 0 Å². The third-order valence-electron chi connectivity index (χ3n) is 3.85. The maximum atomic E-state index is 12.5. The molecular formula is C14H23N5O3S. The second-order valence-electron chi connectivity index (χ2n) is 5.65. The maximum Gasteiger partial charge on any atom is 0.317 e. The van der Waals surface area contributed by atoms with E-state index in [4.69, 9.17) is 0 Å². The number of carbonyl (C=O) groups excluding carboxylic acids is 1. The van der Waals surface area contributed by atoms with Gasteiger partial charge >= 0.3 is 6.03 Å². The molecule has 2 amide bonds. The number of nitrogens with one attached hydrogen (secondary N) is 1. The van der Waals surface area contributed by atoms with Gasteiger partial charge in [0.2, 0.25) is 10.0 Å². The predicted octanol–water partition coefficient (Wildman–Crippen LogP) is 0.401. The number of sulfonamides is 1. The first-order valence-electron chi connectivity index (χ1n) is 7.46. The summed E-state index contributed by atoms with van der Waals surface area (Å²) in [5.74, 6) is 0. The minimum absolute atomic E-state index is 0.0184. The second kappa shape index (κ2) is 7.14. The van der Waals surface area contributed by atoms with Crippen molar-refractivity contribution in [3.05, 3.63) is 25.0 Å². The fourth-order valence-electron chi connectivity index (χ4n) is 2.48. The van der Waals surface area contributed by atoms with Crippen LogP contribution in [0.5, 0.6) is 0 Å². The lowest BCUT2D eigenvalue weighted by Gasteiger charge is -2.32. The molecule has 0 aliphatic carbocycles. The third-order valence-corrected chi connectivity index (χ3v) is 5.70. The fraction of sp³-hybridized carbons (Fsp3) is 0.571. The zero-order chi connectivity index (χ0) is 17.0. The van der Waals surface area contributed by atoms with Crippen LogP contribution in [0.3, 0.4) is 0 Å². The summed E-state index contributed by atoms with van der Waals surface area (Å²) in [5, 5.41) is 6.83. The van der Waals surface area contributed by atoms with Gasteiger partial charge < -0.3 is 10.2 Å². The first kappa shape index (κ1) is 17.5. The Labute approximate surface area is 136 Å². The van der Waals surface area contributed by atoms with Crippen molar-refractivity contribution in [2.45, 2.75) is 23.8 Å². The van der Waals surface area contributed by atoms with Crippen LogP contribution in [0.1, 0.15) is 12.8 Å². The lowest BCUT2D eigenvalue weighted by Crippen LogP contribution is -2.49. The Bertz CT molecular complexity index is 662. The average molecular weight is 341 g/mol. The van der Waals surface area contributed by atoms with E-state index < -0.39 is 10.0 Å². The number of carbonyl (C=O) groups is 1. The van der Waals surface area contributed by atoms with Crippen molar-refractivity contribution in [2.24, 2.45) is 7.05 Å². The summed E-state index contributed by atoms with van der Waals surface area (Å²) >= 11 is 0. The summed E-state index contributed by atoms with van der Waals surface area (Å²) in [6, 6.07) is -0.186. The van der Waals surface area contributed by atoms with Crippen LogP contribution in [0.25, 0.3) is 0 Å². The molecule has 1 saturated heterocycles. The molecule has 0 unspecified atom stereocenters. The van der Waals surface area contributed by atoms with Gasteiger partial charge in [-0.05, 0) is 12.8 Å². The van der Waals surface area contributed by atoms with E-state index >= 15 is 0 Å². The van der Waals surface area contributed by atoms with Crippen LogP contribution < -0.4 is 5.32 Å². The van der Waals surface area contributed by atoms with E-state index in [0.29, 0.717) is 32.5 Å². The van der Waals surface area contributed by atoms with Crippen molar-refractivity contribution in [3.63, 3.8) is 0 Å². The van der Waals surface area contributed by atoms with Gasteiger partial charge in [0.1, 0.15) is 4.90 Å². The van der Waals surface area contributed by atoms with E-state index in [0.717, 1.165) is 0 Å². The largest absolute Gasteiger partial charge is 0.335 e. The number of aromatic nitrogens is 2. The van der Waals surface area contributed by atoms with Crippen molar-refractivity contribution < 1.29 is 13.2 Å². The number of rotatable bonds is 5. The van der Waals surface area contributed by atoms with Crippen molar-refractivity contribution in [1.82, 2.24) is 24.3 Å². The van der Waals surface area contributed by atoms with Crippen molar-refractivity contribution in [1.29, 1.82) is 0 Å². The molecule has 128 valence electrons. The quantitative estimate of drug-likeness (QED) is 0.786. The molecule has 23 heavy (non-hydrogen) atoms. The first-order chi connectivity index (χ1) is 10.8. The topological polar surface area (TPSA) is 87.5 Å². The van der Waals surface area contributed by atoms with Gasteiger partial charge in [0, 0.05) is 46.0 Å². The Morgan fingerprint density at radius 3 is 2.70 bits per heavy atom. The van der Waals surface area contributed by atoms with Gasteiger partial charge in [-0.15, -0.1) is 6.58 Å². The molecule has 9 heteroatoms. The first-order valence-corrected chi connectivity index (χ1v) is 8.90. The Kier molecular flexibility index (Phi) is 5.42. The third kappa shape index (κ3) is 4.11. The molecular weight excluding hydrogens is 318 g/mol. The highest BCUT2D eigenvalue weighted by molar-refractivity contribution is 7.89. The summed E-state index contributed by atoms with van der Waals surface area (Å²) in [7, 11) is -0.130. The number of likely N-dealkylation sites (N-methyl/N-ethyl adjacent to an activating group) is 1. The predicted molar refractivity (Wildman–Crippen MR) is 86.3 cm³/mol. The standard InChI is InChI=1S/C14H23N5O3S/c1-4-7-17(2)14(20)16-12-5-8-19(9-6-12)23(21,22)13-10-15-18(3)11-13/h4,10-12H,1,5-9H2,2-3H3,(H,16,20). The van der Waals surface area contributed by atoms with E-state index in [9.17, 15) is 13.2 Å². The van der Waals surface area contributed by atoms with Crippen LogP contribution in [0.4, 0.5) is 4.79 Å². The van der Waals surface area contributed by atoms with Gasteiger partial charge in [0.25, 0.3) is 0 Å². The van der Waals surface area contributed by atoms with E-state index in [1.54, 1.807) is 20.2 Å². The van der Waals surface area contributed by atoms with Crippen LogP contribution in [0.15, 0.2) is 29.9 Å². The molecule has 2 heterocycles. The molecule has 1 aromatic heterocycles. The van der Waals surface area contributed by atoms with Gasteiger partial charge in [0.15, 0.2) is 0 Å². The van der Waals surface area contributed by atoms with Gasteiger partial charge in [-0.2, -0.15) is 9.40 Å². The SMILES string of the molecule is C=CCN(C)C(=O)NC1CCN(S(=O)(=O)c2cnn(C)c2)CC1. The van der Waals surface area contributed by atoms with E-state index in [2.05, 4.69) is 17.0 Å². The van der Waals surface area contributed by atoms with Crippen molar-refractivity contribution >= 4 is 16.1 Å². The van der Waals surface area contributed by atoms with Crippen molar-refractivity contribution in [3.8, 4) is 0 Å². The number of urea groups is 1. The van der Waals surface area contributed by atoms with Crippen LogP contribution in [-0.4, -0.2) is 66.2 Å². The Morgan fingerprint density at radius 2 is 2.17 bits per heavy atom. The smallest absolute Gasteiger partial charge is 0.317 e. The van der Waals surface area contributed by atoms with Gasteiger partial charge in [-0.25, -0.2) is 13.2 Å². The zero-order valence-electron chi connectivity index (χ0n) is 13.5. The summed E-state index contributed by atoms with van der Waals surface area (Å²) < 4.78 is 27.9. The highest BCUT2D eigenvalue weighted by atomic mass is 32.2. The highest BCUT2D eigenvalue weighted by Gasteiger charge is 2.31. The number of aryl methyl sites for hydroxylation is 1. The van der Waals surface area contributed by atoms with Crippen molar-refractivity contribution in [2.75, 3.05) is 26.7 Å². The van der Waals surface area contributed by atoms with Gasteiger partial charge in [-0.3, -0.25) is 4.68 Å². The summed E-state index contributed by atoms with van der Waals surface area (Å²) in [4.78, 5) is 13.7. The molecule has 1 aliphatic rings. The number of amides is 2. The van der Waals surface area contributed by atoms with Gasteiger partial charge in [0.05, 0.1) is 6.20 Å². The monoisotopic (exact) mass is 341 g/mol. The zero-order valence-corrected chi connectivity index (χ0v) is 14.3. The number of piperidine rings is 1. The molecule has 1 aromatic rings. The molecule has 0 bridgehead atoms. The molecule has 1 aliphatic heterocycles. The minimum atomic E-state index is -3.50. The van der Waals surface area contributed by atoms with Crippen LogP contribution in [-0.2, 0) is 17.1 Å². The van der Waals surface area contributed by atoms with Gasteiger partial charge in [-0.1, -0.05) is 6.08 Å². The lowest BCUT2D eigenvalue weighted by atomic mass is 10.1. The van der Waals surface area contributed by atoms with E-state index in [-0.39, 0.29) is 17.0 Å². The molecule has 2 rings (SSSR count). The molecule has 0 spiro atoms. The molecule has 8 nitrogen and oxygen atoms in total. The Morgan fingerprint density at radius 1 is 1.52 bits per heavy atom. The minimum Gasteiger partial charge on any atom is -0.335 e. The normalized spacial score (nSPS) is 17.0. The molecule has 0 atom stereocenters. The van der Waals surface area contributed by atoms with Crippen LogP contribution >= 0.6 is 0 Å². The Hall–Kier alpha value is -1.87. The number of hydrogen-bond donors (Lipinski definition) is 1. The highest BCUT2D eigenvalue weighted by Crippen LogP contribution is 2.20. The Balaban J connectivity index is 1.91. The molecule has 0 aromatic carbocycles. The van der Waals surface area contributed by atoms with E-state index in [1.807, 2.05) is 0 Å². The second-order valence-corrected chi connectivity index (χ2v) is 7.58. The number of hydrogen-bond acceptors (Lipinski definition) is 4.